The lowest BCUT2D eigenvalue weighted by Gasteiger charge is -2.34. The number of aromatic nitrogens is 4. The largest absolute Gasteiger partial charge is 0.397 e. The van der Waals surface area contributed by atoms with Crippen LogP contribution < -0.4 is 21.3 Å². The number of aldehydes is 1. The molecule has 330 valence electrons. The van der Waals surface area contributed by atoms with E-state index in [0.29, 0.717) is 35.5 Å². The fraction of sp³-hybridized carbons (Fsp3) is 0.240. The molecule has 0 radical (unpaired) electrons. The van der Waals surface area contributed by atoms with E-state index >= 15 is 0 Å². The molecule has 7 heterocycles. The highest BCUT2D eigenvalue weighted by Crippen LogP contribution is 2.36. The molecule has 2 saturated heterocycles. The minimum atomic E-state index is -0.576. The number of likely N-dealkylation sites (N-methyl/N-ethyl adjacent to an activating group) is 2. The number of nitrogen functional groups attached to an aromatic ring is 2. The van der Waals surface area contributed by atoms with Crippen LogP contribution in [0.1, 0.15) is 32.9 Å². The fourth-order valence-electron chi connectivity index (χ4n) is 8.33. The van der Waals surface area contributed by atoms with Gasteiger partial charge in [0.15, 0.2) is 17.9 Å². The first kappa shape index (κ1) is 42.9. The van der Waals surface area contributed by atoms with Crippen molar-refractivity contribution >= 4 is 62.9 Å². The number of anilines is 4. The third kappa shape index (κ3) is 9.61. The molecule has 0 spiro atoms. The number of piperazine rings is 2. The van der Waals surface area contributed by atoms with Crippen LogP contribution in [-0.4, -0.2) is 114 Å². The van der Waals surface area contributed by atoms with Crippen molar-refractivity contribution < 1.29 is 13.6 Å². The van der Waals surface area contributed by atoms with Crippen LogP contribution in [-0.2, 0) is 12.8 Å². The van der Waals surface area contributed by atoms with E-state index in [0.717, 1.165) is 109 Å². The quantitative estimate of drug-likeness (QED) is 0.113. The molecule has 0 aliphatic carbocycles. The maximum Gasteiger partial charge on any atom is 0.171 e. The van der Waals surface area contributed by atoms with Gasteiger partial charge in [0.1, 0.15) is 17.2 Å². The van der Waals surface area contributed by atoms with Crippen molar-refractivity contribution in [2.45, 2.75) is 12.8 Å². The number of H-pyrrole nitrogens is 1. The normalized spacial score (nSPS) is 15.9. The van der Waals surface area contributed by atoms with Crippen molar-refractivity contribution in [1.82, 2.24) is 29.7 Å². The smallest absolute Gasteiger partial charge is 0.171 e. The van der Waals surface area contributed by atoms with Gasteiger partial charge < -0.3 is 36.1 Å². The molecule has 65 heavy (non-hydrogen) atoms. The number of nitrogens with two attached hydrogens (primary N) is 2. The molecule has 4 aliphatic heterocycles. The van der Waals surface area contributed by atoms with E-state index in [1.54, 1.807) is 12.3 Å². The molecular formula is C50H50F2N12O. The predicted molar refractivity (Wildman–Crippen MR) is 256 cm³/mol. The van der Waals surface area contributed by atoms with Gasteiger partial charge >= 0.3 is 0 Å². The molecule has 0 saturated carbocycles. The second-order valence-corrected chi connectivity index (χ2v) is 16.7. The third-order valence-corrected chi connectivity index (χ3v) is 12.2. The molecule has 3 aromatic heterocycles. The van der Waals surface area contributed by atoms with Crippen LogP contribution in [0.2, 0.25) is 0 Å². The molecule has 0 unspecified atom stereocenters. The minimum Gasteiger partial charge on any atom is -0.397 e. The highest BCUT2D eigenvalue weighted by molar-refractivity contribution is 6.09. The number of rotatable bonds is 6. The second-order valence-electron chi connectivity index (χ2n) is 16.7. The first-order valence-electron chi connectivity index (χ1n) is 21.7. The fourth-order valence-corrected chi connectivity index (χ4v) is 8.33. The van der Waals surface area contributed by atoms with Gasteiger partial charge in [-0.3, -0.25) is 24.7 Å². The number of carbonyl (C=O) groups excluding carboxylic acids is 1. The highest BCUT2D eigenvalue weighted by Gasteiger charge is 2.24. The van der Waals surface area contributed by atoms with Crippen LogP contribution in [0.5, 0.6) is 0 Å². The molecule has 15 heteroatoms. The number of imidazole rings is 1. The van der Waals surface area contributed by atoms with Crippen molar-refractivity contribution in [3.63, 3.8) is 0 Å². The summed E-state index contributed by atoms with van der Waals surface area (Å²) in [7, 11) is 4.34. The average molecular weight is 873 g/mol. The highest BCUT2D eigenvalue weighted by atomic mass is 19.1. The van der Waals surface area contributed by atoms with Crippen LogP contribution in [0.15, 0.2) is 119 Å². The number of pyridine rings is 2. The lowest BCUT2D eigenvalue weighted by atomic mass is 9.99. The Kier molecular flexibility index (Phi) is 12.4. The minimum absolute atomic E-state index is 0.141. The zero-order valence-corrected chi connectivity index (χ0v) is 36.4. The number of hydrogen-bond donors (Lipinski definition) is 3. The van der Waals surface area contributed by atoms with Crippen molar-refractivity contribution in [3.05, 3.63) is 149 Å². The number of nitrogens with zero attached hydrogens (tertiary/aromatic N) is 9. The molecule has 11 rings (SSSR count). The van der Waals surface area contributed by atoms with Gasteiger partial charge in [-0.15, -0.1) is 0 Å². The molecule has 4 aromatic carbocycles. The number of aromatic amines is 1. The van der Waals surface area contributed by atoms with Gasteiger partial charge in [0.2, 0.25) is 0 Å². The van der Waals surface area contributed by atoms with E-state index in [1.165, 1.54) is 41.3 Å². The lowest BCUT2D eigenvalue weighted by molar-refractivity contribution is 0.111. The van der Waals surface area contributed by atoms with Crippen molar-refractivity contribution in [2.75, 3.05) is 87.7 Å². The Hall–Kier alpha value is -7.36. The number of hydrogen-bond acceptors (Lipinski definition) is 12. The predicted octanol–water partition coefficient (Wildman–Crippen LogP) is 7.51. The van der Waals surface area contributed by atoms with Crippen molar-refractivity contribution in [1.29, 1.82) is 0 Å². The first-order valence-corrected chi connectivity index (χ1v) is 21.7. The van der Waals surface area contributed by atoms with Crippen LogP contribution in [0.4, 0.5) is 42.9 Å². The number of fused-ring (bicyclic) bond motifs is 3. The summed E-state index contributed by atoms with van der Waals surface area (Å²) in [6.45, 7) is 8.61. The van der Waals surface area contributed by atoms with Gasteiger partial charge in [0, 0.05) is 94.5 Å². The van der Waals surface area contributed by atoms with Crippen LogP contribution in [0.3, 0.4) is 0 Å². The topological polar surface area (TPSA) is 161 Å². The van der Waals surface area contributed by atoms with Gasteiger partial charge in [0.25, 0.3) is 0 Å². The molecule has 0 amide bonds. The summed E-state index contributed by atoms with van der Waals surface area (Å²) in [6, 6.07) is 30.5. The van der Waals surface area contributed by atoms with E-state index in [4.69, 9.17) is 16.5 Å². The summed E-state index contributed by atoms with van der Waals surface area (Å²) in [6.07, 6.45) is 4.78. The first-order chi connectivity index (χ1) is 31.6. The lowest BCUT2D eigenvalue weighted by Crippen LogP contribution is -2.44. The number of halogens is 2. The van der Waals surface area contributed by atoms with Gasteiger partial charge in [-0.25, -0.2) is 13.8 Å². The Morgan fingerprint density at radius 2 is 1.22 bits per heavy atom. The van der Waals surface area contributed by atoms with Crippen LogP contribution in [0.25, 0.3) is 22.4 Å². The third-order valence-electron chi connectivity index (χ3n) is 12.2. The maximum absolute atomic E-state index is 14.2. The number of aliphatic imine (C=N–C) groups is 2. The molecule has 0 bridgehead atoms. The van der Waals surface area contributed by atoms with E-state index in [9.17, 15) is 13.6 Å². The average Bonchev–Trinajstić information content (AvgIpc) is 4.08. The SMILES string of the molecule is CN1CCN(c2ccc3c(c2)CC(c2ccc4c(c2)CC(c2ncccc2F)=N4)=N3)CC1.CN1CCN(c2ccc3nc(-c4ccc(N)c(N)c4)[nH]c3c2)CC1.O=Cc1ncccc1F. The van der Waals surface area contributed by atoms with E-state index in [1.807, 2.05) is 24.3 Å². The molecule has 5 N–H and O–H groups in total. The maximum atomic E-state index is 14.2. The van der Waals surface area contributed by atoms with E-state index < -0.39 is 5.82 Å². The summed E-state index contributed by atoms with van der Waals surface area (Å²) >= 11 is 0. The molecule has 13 nitrogen and oxygen atoms in total. The summed E-state index contributed by atoms with van der Waals surface area (Å²) in [5.74, 6) is -0.0919. The Morgan fingerprint density at radius 3 is 1.88 bits per heavy atom. The second kappa shape index (κ2) is 18.8. The summed E-state index contributed by atoms with van der Waals surface area (Å²) < 4.78 is 26.5. The molecule has 7 aromatic rings. The molecular weight excluding hydrogens is 823 g/mol. The van der Waals surface area contributed by atoms with Gasteiger partial charge in [-0.2, -0.15) is 0 Å². The van der Waals surface area contributed by atoms with Gasteiger partial charge in [0.05, 0.1) is 45.2 Å². The number of benzene rings is 4. The van der Waals surface area contributed by atoms with E-state index in [2.05, 4.69) is 107 Å². The van der Waals surface area contributed by atoms with Gasteiger partial charge in [-0.1, -0.05) is 6.07 Å². The Morgan fingerprint density at radius 1 is 0.615 bits per heavy atom. The zero-order chi connectivity index (χ0) is 45.0. The Balaban J connectivity index is 0.000000142. The van der Waals surface area contributed by atoms with Crippen LogP contribution >= 0.6 is 0 Å². The van der Waals surface area contributed by atoms with Crippen molar-refractivity contribution in [3.8, 4) is 11.4 Å². The zero-order valence-electron chi connectivity index (χ0n) is 36.4. The monoisotopic (exact) mass is 872 g/mol. The summed E-state index contributed by atoms with van der Waals surface area (Å²) in [5, 5.41) is 0. The Bertz CT molecular complexity index is 2930. The van der Waals surface area contributed by atoms with Crippen molar-refractivity contribution in [2.24, 2.45) is 9.98 Å². The van der Waals surface area contributed by atoms with Crippen LogP contribution in [0, 0.1) is 11.6 Å². The Labute approximate surface area is 376 Å². The summed E-state index contributed by atoms with van der Waals surface area (Å²) in [4.78, 5) is 44.8. The number of nitrogens with one attached hydrogen (secondary N) is 1. The standard InChI is InChI=1S/C26H24FN5.C18H22N6.C6H4FNO/c1-31-9-11-32(12-10-31)20-5-7-23-19(14-20)15-24(29-23)17-4-6-22-18(13-17)16-25(30-22)26-21(27)3-2-8-28-26;1-23-6-8-24(9-7-23)13-3-5-16-17(11-13)22-18(21-16)12-2-4-14(19)15(20)10-12;7-5-2-1-3-8-6(5)4-9/h2-8,13-14H,9-12,15-16H2,1H3;2-5,10-11H,6-9,19-20H2,1H3,(H,21,22);1-4H. The molecule has 0 atom stereocenters. The summed E-state index contributed by atoms with van der Waals surface area (Å²) in [5.41, 5.74) is 25.7. The van der Waals surface area contributed by atoms with E-state index in [-0.39, 0.29) is 11.5 Å². The molecule has 2 fully saturated rings. The molecule has 4 aliphatic rings. The van der Waals surface area contributed by atoms with Gasteiger partial charge in [-0.05, 0) is 122 Å². The number of carbonyl (C=O) groups is 1.